The van der Waals surface area contributed by atoms with Crippen molar-refractivity contribution in [1.82, 2.24) is 20.0 Å². The van der Waals surface area contributed by atoms with Crippen LogP contribution in [0.3, 0.4) is 0 Å². The summed E-state index contributed by atoms with van der Waals surface area (Å²) in [5.74, 6) is 0.272. The number of carbonyl (C=O) groups excluding carboxylic acids is 2. The molecule has 2 saturated heterocycles. The number of fused-ring (bicyclic) bond motifs is 3. The van der Waals surface area contributed by atoms with Crippen LogP contribution in [0.2, 0.25) is 0 Å². The number of hydrogen-bond donors (Lipinski definition) is 1. The van der Waals surface area contributed by atoms with E-state index >= 15 is 0 Å². The Hall–Kier alpha value is -1.85. The van der Waals surface area contributed by atoms with Crippen LogP contribution >= 0.6 is 0 Å². The summed E-state index contributed by atoms with van der Waals surface area (Å²) < 4.78 is 0. The average molecular weight is 304 g/mol. The van der Waals surface area contributed by atoms with Crippen LogP contribution < -0.4 is 0 Å². The van der Waals surface area contributed by atoms with Crippen LogP contribution in [-0.2, 0) is 16.0 Å². The molecule has 2 aliphatic heterocycles. The molecular formula is C16H24N4O2. The fraction of sp³-hybridized carbons (Fsp3) is 0.688. The number of likely N-dealkylation sites (tertiary alicyclic amines) is 1. The van der Waals surface area contributed by atoms with Gasteiger partial charge in [-0.2, -0.15) is 5.10 Å². The molecule has 6 nitrogen and oxygen atoms in total. The third-order valence-electron chi connectivity index (χ3n) is 5.17. The van der Waals surface area contributed by atoms with Crippen LogP contribution in [-0.4, -0.2) is 58.0 Å². The molecule has 0 aromatic carbocycles. The molecule has 3 rings (SSSR count). The third kappa shape index (κ3) is 2.62. The van der Waals surface area contributed by atoms with Gasteiger partial charge < -0.3 is 9.80 Å². The Balaban J connectivity index is 1.77. The molecule has 1 aromatic rings. The maximum absolute atomic E-state index is 12.7. The van der Waals surface area contributed by atoms with Crippen molar-refractivity contribution in [2.45, 2.75) is 45.6 Å². The molecule has 0 saturated carbocycles. The first kappa shape index (κ1) is 15.1. The molecule has 1 aromatic heterocycles. The van der Waals surface area contributed by atoms with Crippen LogP contribution in [0, 0.1) is 19.8 Å². The summed E-state index contributed by atoms with van der Waals surface area (Å²) in [4.78, 5) is 28.9. The lowest BCUT2D eigenvalue weighted by Crippen LogP contribution is -2.43. The van der Waals surface area contributed by atoms with E-state index in [0.29, 0.717) is 19.5 Å². The van der Waals surface area contributed by atoms with E-state index in [-0.39, 0.29) is 23.8 Å². The Morgan fingerprint density at radius 3 is 2.77 bits per heavy atom. The van der Waals surface area contributed by atoms with Crippen molar-refractivity contribution < 1.29 is 9.59 Å². The SMILES string of the molecule is Cc1n[nH]c(C)c1CC(=O)N1C[C@H]2CCC[C@@H](C1)N(C)C2=O. The van der Waals surface area contributed by atoms with Crippen molar-refractivity contribution in [3.8, 4) is 0 Å². The van der Waals surface area contributed by atoms with E-state index in [1.807, 2.05) is 30.7 Å². The highest BCUT2D eigenvalue weighted by atomic mass is 16.2. The number of aromatic amines is 1. The number of H-pyrrole nitrogens is 1. The van der Waals surface area contributed by atoms with Gasteiger partial charge in [0.15, 0.2) is 0 Å². The predicted octanol–water partition coefficient (Wildman–Crippen LogP) is 1.04. The molecule has 2 amide bonds. The van der Waals surface area contributed by atoms with E-state index in [4.69, 9.17) is 0 Å². The maximum atomic E-state index is 12.7. The van der Waals surface area contributed by atoms with Gasteiger partial charge in [0.25, 0.3) is 0 Å². The van der Waals surface area contributed by atoms with Crippen LogP contribution in [0.15, 0.2) is 0 Å². The van der Waals surface area contributed by atoms with Crippen LogP contribution in [0.5, 0.6) is 0 Å². The van der Waals surface area contributed by atoms with Crippen molar-refractivity contribution in [1.29, 1.82) is 0 Å². The van der Waals surface area contributed by atoms with E-state index in [0.717, 1.165) is 36.2 Å². The van der Waals surface area contributed by atoms with E-state index < -0.39 is 0 Å². The first-order chi connectivity index (χ1) is 10.5. The van der Waals surface area contributed by atoms with Gasteiger partial charge in [0.05, 0.1) is 18.0 Å². The standard InChI is InChI=1S/C16H24N4O2/c1-10-14(11(2)18-17-10)7-15(21)20-8-12-5-4-6-13(9-20)19(3)16(12)22/h12-13H,4-9H2,1-3H3,(H,17,18)/t12-,13+/m1/s1. The molecule has 2 fully saturated rings. The van der Waals surface area contributed by atoms with Crippen molar-refractivity contribution in [3.63, 3.8) is 0 Å². The Morgan fingerprint density at radius 1 is 1.32 bits per heavy atom. The van der Waals surface area contributed by atoms with Crippen LogP contribution in [0.4, 0.5) is 0 Å². The number of likely N-dealkylation sites (N-methyl/N-ethyl adjacent to an activating group) is 1. The summed E-state index contributed by atoms with van der Waals surface area (Å²) in [5.41, 5.74) is 2.82. The molecule has 6 heteroatoms. The minimum Gasteiger partial charge on any atom is -0.341 e. The largest absolute Gasteiger partial charge is 0.341 e. The minimum atomic E-state index is -0.0343. The highest BCUT2D eigenvalue weighted by Gasteiger charge is 2.38. The molecule has 3 heterocycles. The third-order valence-corrected chi connectivity index (χ3v) is 5.17. The molecule has 2 bridgehead atoms. The first-order valence-corrected chi connectivity index (χ1v) is 8.02. The summed E-state index contributed by atoms with van der Waals surface area (Å²) in [5, 5.41) is 7.08. The molecule has 2 atom stereocenters. The number of carbonyl (C=O) groups is 2. The molecule has 120 valence electrons. The fourth-order valence-electron chi connectivity index (χ4n) is 3.66. The van der Waals surface area contributed by atoms with Gasteiger partial charge in [0, 0.05) is 37.4 Å². The maximum Gasteiger partial charge on any atom is 0.227 e. The highest BCUT2D eigenvalue weighted by Crippen LogP contribution is 2.27. The molecule has 22 heavy (non-hydrogen) atoms. The molecule has 0 unspecified atom stereocenters. The number of nitrogens with zero attached hydrogens (tertiary/aromatic N) is 3. The van der Waals surface area contributed by atoms with Crippen molar-refractivity contribution >= 4 is 11.8 Å². The quantitative estimate of drug-likeness (QED) is 0.887. The lowest BCUT2D eigenvalue weighted by atomic mass is 9.98. The highest BCUT2D eigenvalue weighted by molar-refractivity contribution is 5.83. The monoisotopic (exact) mass is 304 g/mol. The number of aromatic nitrogens is 2. The lowest BCUT2D eigenvalue weighted by Gasteiger charge is -2.29. The lowest BCUT2D eigenvalue weighted by molar-refractivity contribution is -0.134. The summed E-state index contributed by atoms with van der Waals surface area (Å²) >= 11 is 0. The molecule has 0 radical (unpaired) electrons. The van der Waals surface area contributed by atoms with Gasteiger partial charge in [-0.1, -0.05) is 6.42 Å². The van der Waals surface area contributed by atoms with E-state index in [1.165, 1.54) is 0 Å². The number of rotatable bonds is 2. The summed E-state index contributed by atoms with van der Waals surface area (Å²) in [6, 6.07) is 0.162. The zero-order valence-corrected chi connectivity index (χ0v) is 13.6. The Morgan fingerprint density at radius 2 is 2.09 bits per heavy atom. The predicted molar refractivity (Wildman–Crippen MR) is 82.2 cm³/mol. The van der Waals surface area contributed by atoms with Crippen molar-refractivity contribution in [2.75, 3.05) is 20.1 Å². The van der Waals surface area contributed by atoms with Gasteiger partial charge >= 0.3 is 0 Å². The Labute approximate surface area is 130 Å². The smallest absolute Gasteiger partial charge is 0.227 e. The van der Waals surface area contributed by atoms with Gasteiger partial charge in [0.1, 0.15) is 0 Å². The zero-order chi connectivity index (χ0) is 15.9. The van der Waals surface area contributed by atoms with Crippen molar-refractivity contribution in [2.24, 2.45) is 5.92 Å². The molecule has 1 N–H and O–H groups in total. The van der Waals surface area contributed by atoms with Gasteiger partial charge in [-0.3, -0.25) is 14.7 Å². The summed E-state index contributed by atoms with van der Waals surface area (Å²) in [6.45, 7) is 5.08. The molecule has 0 spiro atoms. The topological polar surface area (TPSA) is 69.3 Å². The normalized spacial score (nSPS) is 25.3. The van der Waals surface area contributed by atoms with Gasteiger partial charge in [-0.25, -0.2) is 0 Å². The van der Waals surface area contributed by atoms with Gasteiger partial charge in [-0.15, -0.1) is 0 Å². The second-order valence-corrected chi connectivity index (χ2v) is 6.62. The second-order valence-electron chi connectivity index (χ2n) is 6.62. The average Bonchev–Trinajstić information content (AvgIpc) is 2.64. The Bertz CT molecular complexity index is 575. The molecular weight excluding hydrogens is 280 g/mol. The minimum absolute atomic E-state index is 0.0343. The van der Waals surface area contributed by atoms with Crippen LogP contribution in [0.25, 0.3) is 0 Å². The Kier molecular flexibility index (Phi) is 3.93. The van der Waals surface area contributed by atoms with E-state index in [1.54, 1.807) is 0 Å². The molecule has 0 aliphatic carbocycles. The van der Waals surface area contributed by atoms with Crippen molar-refractivity contribution in [3.05, 3.63) is 17.0 Å². The zero-order valence-electron chi connectivity index (χ0n) is 13.6. The van der Waals surface area contributed by atoms with E-state index in [9.17, 15) is 9.59 Å². The number of amides is 2. The van der Waals surface area contributed by atoms with Gasteiger partial charge in [0.2, 0.25) is 11.8 Å². The first-order valence-electron chi connectivity index (χ1n) is 8.02. The van der Waals surface area contributed by atoms with Gasteiger partial charge in [-0.05, 0) is 26.7 Å². The number of hydrogen-bond acceptors (Lipinski definition) is 3. The van der Waals surface area contributed by atoms with E-state index in [2.05, 4.69) is 10.2 Å². The summed E-state index contributed by atoms with van der Waals surface area (Å²) in [6.07, 6.45) is 3.33. The summed E-state index contributed by atoms with van der Waals surface area (Å²) in [7, 11) is 1.88. The number of nitrogens with one attached hydrogen (secondary N) is 1. The van der Waals surface area contributed by atoms with Crippen LogP contribution in [0.1, 0.15) is 36.2 Å². The number of aryl methyl sites for hydroxylation is 2. The molecule has 2 aliphatic rings. The second kappa shape index (κ2) is 5.74. The fourth-order valence-corrected chi connectivity index (χ4v) is 3.66.